The van der Waals surface area contributed by atoms with Gasteiger partial charge >= 0.3 is 5.76 Å². The number of anilines is 3. The molecule has 0 aliphatic carbocycles. The summed E-state index contributed by atoms with van der Waals surface area (Å²) in [6.07, 6.45) is 1.57. The quantitative estimate of drug-likeness (QED) is 0.670. The first-order valence-corrected chi connectivity index (χ1v) is 6.18. The molecule has 0 aliphatic rings. The molecule has 108 valence electrons. The molecule has 3 N–H and O–H groups in total. The number of oxazole rings is 1. The lowest BCUT2D eigenvalue weighted by atomic mass is 10.3. The van der Waals surface area contributed by atoms with Crippen LogP contribution in [0.2, 0.25) is 0 Å². The van der Waals surface area contributed by atoms with Crippen LogP contribution in [-0.2, 0) is 0 Å². The molecule has 0 fully saturated rings. The maximum atomic E-state index is 11.1. The highest BCUT2D eigenvalue weighted by atomic mass is 16.5. The van der Waals surface area contributed by atoms with E-state index < -0.39 is 5.76 Å². The van der Waals surface area contributed by atoms with Crippen molar-refractivity contribution < 1.29 is 9.15 Å². The van der Waals surface area contributed by atoms with Gasteiger partial charge in [0, 0.05) is 12.7 Å². The maximum absolute atomic E-state index is 11.1. The molecule has 21 heavy (non-hydrogen) atoms. The molecule has 0 saturated heterocycles. The molecule has 0 saturated carbocycles. The summed E-state index contributed by atoms with van der Waals surface area (Å²) >= 11 is 0. The van der Waals surface area contributed by atoms with Crippen LogP contribution in [-0.4, -0.2) is 29.1 Å². The third-order valence-electron chi connectivity index (χ3n) is 2.89. The molecule has 0 aliphatic heterocycles. The fourth-order valence-electron chi connectivity index (χ4n) is 1.92. The van der Waals surface area contributed by atoms with Gasteiger partial charge in [0.2, 0.25) is 5.95 Å². The maximum Gasteiger partial charge on any atom is 0.417 e. The van der Waals surface area contributed by atoms with E-state index >= 15 is 0 Å². The highest BCUT2D eigenvalue weighted by Gasteiger charge is 2.07. The third kappa shape index (κ3) is 2.50. The highest BCUT2D eigenvalue weighted by molar-refractivity contribution is 5.78. The number of aromatic amines is 1. The van der Waals surface area contributed by atoms with Crippen molar-refractivity contribution in [3.63, 3.8) is 0 Å². The van der Waals surface area contributed by atoms with Gasteiger partial charge in [-0.05, 0) is 18.2 Å². The lowest BCUT2D eigenvalue weighted by Gasteiger charge is -2.09. The van der Waals surface area contributed by atoms with Gasteiger partial charge in [0.1, 0.15) is 0 Å². The van der Waals surface area contributed by atoms with Gasteiger partial charge in [-0.15, -0.1) is 0 Å². The van der Waals surface area contributed by atoms with E-state index in [0.717, 1.165) is 5.69 Å². The van der Waals surface area contributed by atoms with E-state index in [9.17, 15) is 4.79 Å². The minimum Gasteiger partial charge on any atom is -0.491 e. The topological polar surface area (TPSA) is 105 Å². The second-order valence-corrected chi connectivity index (χ2v) is 4.21. The Morgan fingerprint density at radius 1 is 1.38 bits per heavy atom. The molecule has 8 heteroatoms. The Labute approximate surface area is 119 Å². The SMILES string of the molecule is CNc1nc(Nc2ccc3oc(=O)[nH]c3c2)ncc1OC. The van der Waals surface area contributed by atoms with E-state index in [0.29, 0.717) is 28.6 Å². The summed E-state index contributed by atoms with van der Waals surface area (Å²) in [6, 6.07) is 5.21. The summed E-state index contributed by atoms with van der Waals surface area (Å²) in [6.45, 7) is 0. The molecule has 3 rings (SSSR count). The number of hydrogen-bond donors (Lipinski definition) is 3. The molecule has 2 heterocycles. The second-order valence-electron chi connectivity index (χ2n) is 4.21. The van der Waals surface area contributed by atoms with E-state index in [2.05, 4.69) is 25.6 Å². The fourth-order valence-corrected chi connectivity index (χ4v) is 1.92. The van der Waals surface area contributed by atoms with Gasteiger partial charge in [0.25, 0.3) is 0 Å². The molecule has 0 radical (unpaired) electrons. The number of hydrogen-bond acceptors (Lipinski definition) is 7. The fraction of sp³-hybridized carbons (Fsp3) is 0.154. The number of methoxy groups -OCH3 is 1. The Hall–Kier alpha value is -3.03. The number of H-pyrrole nitrogens is 1. The van der Waals surface area contributed by atoms with Crippen LogP contribution in [0.1, 0.15) is 0 Å². The van der Waals surface area contributed by atoms with Crippen LogP contribution in [0.3, 0.4) is 0 Å². The van der Waals surface area contributed by atoms with E-state index in [1.54, 1.807) is 38.6 Å². The molecule has 0 amide bonds. The monoisotopic (exact) mass is 287 g/mol. The van der Waals surface area contributed by atoms with Gasteiger partial charge in [0.05, 0.1) is 18.8 Å². The van der Waals surface area contributed by atoms with E-state index in [1.807, 2.05) is 0 Å². The van der Waals surface area contributed by atoms with Gasteiger partial charge in [-0.25, -0.2) is 9.78 Å². The lowest BCUT2D eigenvalue weighted by molar-refractivity contribution is 0.413. The predicted molar refractivity (Wildman–Crippen MR) is 78.2 cm³/mol. The van der Waals surface area contributed by atoms with Gasteiger partial charge in [-0.3, -0.25) is 4.98 Å². The van der Waals surface area contributed by atoms with E-state index in [1.165, 1.54) is 0 Å². The van der Waals surface area contributed by atoms with Gasteiger partial charge < -0.3 is 19.8 Å². The molecule has 0 unspecified atom stereocenters. The van der Waals surface area contributed by atoms with Crippen molar-refractivity contribution in [1.29, 1.82) is 0 Å². The van der Waals surface area contributed by atoms with Crippen molar-refractivity contribution in [2.75, 3.05) is 24.8 Å². The summed E-state index contributed by atoms with van der Waals surface area (Å²) < 4.78 is 10.1. The Balaban J connectivity index is 1.92. The van der Waals surface area contributed by atoms with E-state index in [4.69, 9.17) is 9.15 Å². The van der Waals surface area contributed by atoms with Crippen molar-refractivity contribution in [3.8, 4) is 5.75 Å². The van der Waals surface area contributed by atoms with Crippen LogP contribution < -0.4 is 21.1 Å². The molecule has 1 aromatic carbocycles. The average molecular weight is 287 g/mol. The van der Waals surface area contributed by atoms with Crippen molar-refractivity contribution in [2.24, 2.45) is 0 Å². The average Bonchev–Trinajstić information content (AvgIpc) is 2.86. The van der Waals surface area contributed by atoms with Crippen molar-refractivity contribution in [2.45, 2.75) is 0 Å². The van der Waals surface area contributed by atoms with E-state index in [-0.39, 0.29) is 0 Å². The Morgan fingerprint density at radius 3 is 3.00 bits per heavy atom. The molecule has 0 atom stereocenters. The number of fused-ring (bicyclic) bond motifs is 1. The summed E-state index contributed by atoms with van der Waals surface area (Å²) in [5.41, 5.74) is 1.83. The molecule has 0 spiro atoms. The van der Waals surface area contributed by atoms with Gasteiger partial charge in [-0.1, -0.05) is 0 Å². The molecule has 8 nitrogen and oxygen atoms in total. The Kier molecular flexibility index (Phi) is 3.19. The molecular weight excluding hydrogens is 274 g/mol. The van der Waals surface area contributed by atoms with Crippen LogP contribution in [0.4, 0.5) is 17.5 Å². The summed E-state index contributed by atoms with van der Waals surface area (Å²) in [4.78, 5) is 22.2. The number of nitrogens with one attached hydrogen (secondary N) is 3. The largest absolute Gasteiger partial charge is 0.491 e. The van der Waals surface area contributed by atoms with Crippen LogP contribution >= 0.6 is 0 Å². The van der Waals surface area contributed by atoms with Crippen molar-refractivity contribution in [1.82, 2.24) is 15.0 Å². The zero-order valence-corrected chi connectivity index (χ0v) is 11.4. The zero-order valence-electron chi connectivity index (χ0n) is 11.4. The standard InChI is InChI=1S/C13H13N5O3/c1-14-11-10(20-2)6-15-12(18-11)16-7-3-4-9-8(5-7)17-13(19)21-9/h3-6H,1-2H3,(H,17,19)(H2,14,15,16,18). The molecule has 0 bridgehead atoms. The first-order chi connectivity index (χ1) is 10.2. The number of ether oxygens (including phenoxy) is 1. The van der Waals surface area contributed by atoms with Crippen LogP contribution in [0.15, 0.2) is 33.6 Å². The summed E-state index contributed by atoms with van der Waals surface area (Å²) in [5, 5.41) is 5.98. The first-order valence-electron chi connectivity index (χ1n) is 6.18. The number of rotatable bonds is 4. The van der Waals surface area contributed by atoms with Crippen molar-refractivity contribution in [3.05, 3.63) is 34.9 Å². The van der Waals surface area contributed by atoms with Crippen LogP contribution in [0, 0.1) is 0 Å². The summed E-state index contributed by atoms with van der Waals surface area (Å²) in [7, 11) is 3.30. The van der Waals surface area contributed by atoms with Crippen LogP contribution in [0.25, 0.3) is 11.1 Å². The highest BCUT2D eigenvalue weighted by Crippen LogP contribution is 2.23. The summed E-state index contributed by atoms with van der Waals surface area (Å²) in [5.74, 6) is 1.05. The lowest BCUT2D eigenvalue weighted by Crippen LogP contribution is -2.02. The van der Waals surface area contributed by atoms with Crippen LogP contribution in [0.5, 0.6) is 5.75 Å². The second kappa shape index (κ2) is 5.16. The smallest absolute Gasteiger partial charge is 0.417 e. The zero-order chi connectivity index (χ0) is 14.8. The molecule has 3 aromatic rings. The predicted octanol–water partition coefficient (Wildman–Crippen LogP) is 1.70. The molecular formula is C13H13N5O3. The molecule has 2 aromatic heterocycles. The third-order valence-corrected chi connectivity index (χ3v) is 2.89. The minimum atomic E-state index is -0.486. The Morgan fingerprint density at radius 2 is 2.24 bits per heavy atom. The minimum absolute atomic E-state index is 0.408. The number of benzene rings is 1. The first kappa shape index (κ1) is 13.0. The normalized spacial score (nSPS) is 10.6. The Bertz CT molecular complexity index is 839. The van der Waals surface area contributed by atoms with Gasteiger partial charge in [0.15, 0.2) is 17.2 Å². The van der Waals surface area contributed by atoms with Gasteiger partial charge in [-0.2, -0.15) is 4.98 Å². The van der Waals surface area contributed by atoms with Crippen molar-refractivity contribution >= 4 is 28.6 Å². The number of nitrogens with zero attached hydrogens (tertiary/aromatic N) is 2. The number of aromatic nitrogens is 3.